The Hall–Kier alpha value is -3.46. The molecule has 0 bridgehead atoms. The number of carbonyl (C=O) groups excluding carboxylic acids is 1. The summed E-state index contributed by atoms with van der Waals surface area (Å²) in [6.45, 7) is 3.90. The van der Waals surface area contributed by atoms with Gasteiger partial charge < -0.3 is 5.32 Å². The number of aromatic nitrogens is 4. The fourth-order valence-corrected chi connectivity index (χ4v) is 5.10. The summed E-state index contributed by atoms with van der Waals surface area (Å²) in [6, 6.07) is 11.4. The monoisotopic (exact) mass is 449 g/mol. The highest BCUT2D eigenvalue weighted by atomic mass is 32.2. The summed E-state index contributed by atoms with van der Waals surface area (Å²) in [6.07, 6.45) is 1.64. The molecular weight excluding hydrogens is 429 g/mol. The van der Waals surface area contributed by atoms with E-state index < -0.39 is 0 Å². The second-order valence-corrected chi connectivity index (χ2v) is 8.81. The Morgan fingerprint density at radius 1 is 1.19 bits per heavy atom. The number of amides is 1. The minimum Gasteiger partial charge on any atom is -0.326 e. The van der Waals surface area contributed by atoms with Crippen LogP contribution in [0.4, 0.5) is 10.1 Å². The first-order valence-electron chi connectivity index (χ1n) is 10.2. The van der Waals surface area contributed by atoms with Gasteiger partial charge >= 0.3 is 0 Å². The van der Waals surface area contributed by atoms with Crippen molar-refractivity contribution in [3.8, 4) is 5.69 Å². The van der Waals surface area contributed by atoms with Crippen LogP contribution in [0.25, 0.3) is 16.7 Å². The molecule has 2 aromatic carbocycles. The number of carbonyl (C=O) groups is 1. The molecule has 2 aromatic heterocycles. The minimum atomic E-state index is -0.350. The molecule has 1 N–H and O–H groups in total. The first-order chi connectivity index (χ1) is 15.4. The Bertz CT molecular complexity index is 1390. The molecule has 3 heterocycles. The highest BCUT2D eigenvalue weighted by Gasteiger charge is 2.29. The summed E-state index contributed by atoms with van der Waals surface area (Å²) >= 11 is 1.44. The lowest BCUT2D eigenvalue weighted by Gasteiger charge is -2.15. The molecule has 9 heteroatoms. The third kappa shape index (κ3) is 3.48. The van der Waals surface area contributed by atoms with Crippen molar-refractivity contribution in [2.45, 2.75) is 31.5 Å². The molecule has 1 unspecified atom stereocenters. The van der Waals surface area contributed by atoms with E-state index in [2.05, 4.69) is 15.4 Å². The molecule has 1 aliphatic rings. The van der Waals surface area contributed by atoms with Crippen LogP contribution in [0.3, 0.4) is 0 Å². The molecule has 4 aromatic rings. The van der Waals surface area contributed by atoms with E-state index in [0.717, 1.165) is 16.8 Å². The molecular formula is C23H20FN5O2S. The number of thioether (sulfide) groups is 1. The highest BCUT2D eigenvalue weighted by Crippen LogP contribution is 2.34. The van der Waals surface area contributed by atoms with Crippen LogP contribution in [0, 0.1) is 19.7 Å². The minimum absolute atomic E-state index is 0.144. The van der Waals surface area contributed by atoms with Gasteiger partial charge in [-0.2, -0.15) is 5.10 Å². The van der Waals surface area contributed by atoms with Gasteiger partial charge in [0.1, 0.15) is 11.2 Å². The summed E-state index contributed by atoms with van der Waals surface area (Å²) in [7, 11) is 0. The van der Waals surface area contributed by atoms with Crippen molar-refractivity contribution in [2.24, 2.45) is 0 Å². The standard InChI is InChI=1S/C23H20FN5O2S/c1-13-4-3-5-14(2)20(13)26-19(30)10-17-12-32-23-27-21-18(22(31)28(17)23)11-25-29(21)16-8-6-15(24)7-9-16/h3-9,11,17H,10,12H2,1-2H3,(H,26,30). The number of hydrogen-bond donors (Lipinski definition) is 1. The fourth-order valence-electron chi connectivity index (χ4n) is 3.97. The molecule has 1 aliphatic heterocycles. The molecule has 7 nitrogen and oxygen atoms in total. The highest BCUT2D eigenvalue weighted by molar-refractivity contribution is 7.99. The Morgan fingerprint density at radius 3 is 2.62 bits per heavy atom. The fraction of sp³-hybridized carbons (Fsp3) is 0.217. The smallest absolute Gasteiger partial charge is 0.265 e. The maximum Gasteiger partial charge on any atom is 0.265 e. The second-order valence-electron chi connectivity index (χ2n) is 7.82. The van der Waals surface area contributed by atoms with Gasteiger partial charge in [0.15, 0.2) is 10.8 Å². The molecule has 0 fully saturated rings. The number of anilines is 1. The van der Waals surface area contributed by atoms with Crippen LogP contribution in [-0.2, 0) is 4.79 Å². The molecule has 1 atom stereocenters. The van der Waals surface area contributed by atoms with E-state index in [4.69, 9.17) is 0 Å². The number of nitrogens with zero attached hydrogens (tertiary/aromatic N) is 4. The summed E-state index contributed by atoms with van der Waals surface area (Å²) in [4.78, 5) is 30.7. The zero-order chi connectivity index (χ0) is 22.4. The average molecular weight is 450 g/mol. The predicted molar refractivity (Wildman–Crippen MR) is 122 cm³/mol. The first kappa shape index (κ1) is 20.4. The molecule has 32 heavy (non-hydrogen) atoms. The van der Waals surface area contributed by atoms with Crippen LogP contribution in [-0.4, -0.2) is 31.0 Å². The molecule has 1 amide bonds. The Labute approximate surface area is 187 Å². The van der Waals surface area contributed by atoms with E-state index in [1.165, 1.54) is 34.8 Å². The van der Waals surface area contributed by atoms with E-state index in [1.54, 1.807) is 16.7 Å². The quantitative estimate of drug-likeness (QED) is 0.476. The van der Waals surface area contributed by atoms with Gasteiger partial charge in [-0.25, -0.2) is 14.1 Å². The summed E-state index contributed by atoms with van der Waals surface area (Å²) in [5.74, 6) is 0.0884. The molecule has 5 rings (SSSR count). The number of benzene rings is 2. The number of rotatable bonds is 4. The van der Waals surface area contributed by atoms with Crippen molar-refractivity contribution in [3.05, 3.63) is 76.0 Å². The maximum absolute atomic E-state index is 13.3. The van der Waals surface area contributed by atoms with Gasteiger partial charge in [-0.15, -0.1) is 0 Å². The zero-order valence-electron chi connectivity index (χ0n) is 17.5. The van der Waals surface area contributed by atoms with Gasteiger partial charge in [-0.3, -0.25) is 14.2 Å². The van der Waals surface area contributed by atoms with E-state index in [0.29, 0.717) is 27.6 Å². The zero-order valence-corrected chi connectivity index (χ0v) is 18.3. The summed E-state index contributed by atoms with van der Waals surface area (Å²) in [5.41, 5.74) is 3.60. The van der Waals surface area contributed by atoms with Crippen LogP contribution < -0.4 is 10.9 Å². The second kappa shape index (κ2) is 7.90. The van der Waals surface area contributed by atoms with E-state index >= 15 is 0 Å². The Balaban J connectivity index is 1.45. The number of halogens is 1. The third-order valence-electron chi connectivity index (χ3n) is 5.61. The largest absolute Gasteiger partial charge is 0.326 e. The molecule has 0 saturated heterocycles. The molecule has 0 aliphatic carbocycles. The van der Waals surface area contributed by atoms with Gasteiger partial charge in [0, 0.05) is 17.9 Å². The van der Waals surface area contributed by atoms with E-state index in [1.807, 2.05) is 32.0 Å². The Morgan fingerprint density at radius 2 is 1.91 bits per heavy atom. The third-order valence-corrected chi connectivity index (χ3v) is 6.71. The average Bonchev–Trinajstić information content (AvgIpc) is 3.37. The van der Waals surface area contributed by atoms with Crippen molar-refractivity contribution in [1.82, 2.24) is 19.3 Å². The van der Waals surface area contributed by atoms with Crippen molar-refractivity contribution in [1.29, 1.82) is 0 Å². The Kier molecular flexibility index (Phi) is 5.05. The van der Waals surface area contributed by atoms with Crippen LogP contribution in [0.5, 0.6) is 0 Å². The van der Waals surface area contributed by atoms with Gasteiger partial charge in [0.25, 0.3) is 5.56 Å². The lowest BCUT2D eigenvalue weighted by molar-refractivity contribution is -0.116. The maximum atomic E-state index is 13.3. The van der Waals surface area contributed by atoms with Crippen LogP contribution in [0.1, 0.15) is 23.6 Å². The molecule has 0 radical (unpaired) electrons. The topological polar surface area (TPSA) is 81.8 Å². The lowest BCUT2D eigenvalue weighted by atomic mass is 10.1. The molecule has 162 valence electrons. The normalized spacial score (nSPS) is 15.2. The van der Waals surface area contributed by atoms with Gasteiger partial charge in [-0.05, 0) is 49.2 Å². The van der Waals surface area contributed by atoms with Crippen LogP contribution in [0.2, 0.25) is 0 Å². The van der Waals surface area contributed by atoms with Gasteiger partial charge in [0.05, 0.1) is 17.9 Å². The predicted octanol–water partition coefficient (Wildman–Crippen LogP) is 4.01. The SMILES string of the molecule is Cc1cccc(C)c1NC(=O)CC1CSc2nc3c(cnn3-c3ccc(F)cc3)c(=O)n21. The van der Waals surface area contributed by atoms with E-state index in [-0.39, 0.29) is 29.7 Å². The van der Waals surface area contributed by atoms with Gasteiger partial charge in [-0.1, -0.05) is 30.0 Å². The molecule has 0 spiro atoms. The first-order valence-corrected chi connectivity index (χ1v) is 11.2. The summed E-state index contributed by atoms with van der Waals surface area (Å²) < 4.78 is 16.4. The van der Waals surface area contributed by atoms with Crippen LogP contribution >= 0.6 is 11.8 Å². The number of fused-ring (bicyclic) bond motifs is 2. The van der Waals surface area contributed by atoms with Crippen LogP contribution in [0.15, 0.2) is 58.6 Å². The molecule has 0 saturated carbocycles. The van der Waals surface area contributed by atoms with Crippen molar-refractivity contribution < 1.29 is 9.18 Å². The van der Waals surface area contributed by atoms with Crippen molar-refractivity contribution >= 4 is 34.4 Å². The summed E-state index contributed by atoms with van der Waals surface area (Å²) in [5, 5.41) is 8.19. The number of nitrogens with one attached hydrogen (secondary N) is 1. The van der Waals surface area contributed by atoms with E-state index in [9.17, 15) is 14.0 Å². The lowest BCUT2D eigenvalue weighted by Crippen LogP contribution is -2.28. The van der Waals surface area contributed by atoms with Crippen molar-refractivity contribution in [2.75, 3.05) is 11.1 Å². The van der Waals surface area contributed by atoms with Crippen molar-refractivity contribution in [3.63, 3.8) is 0 Å². The number of aryl methyl sites for hydroxylation is 2. The van der Waals surface area contributed by atoms with Gasteiger partial charge in [0.2, 0.25) is 5.91 Å². The number of para-hydroxylation sites is 1. The number of hydrogen-bond acceptors (Lipinski definition) is 5.